The first-order valence-electron chi connectivity index (χ1n) is 6.36. The number of hydrogen-bond acceptors (Lipinski definition) is 4. The molecule has 0 heterocycles. The van der Waals surface area contributed by atoms with E-state index in [2.05, 4.69) is 0 Å². The third-order valence-electron chi connectivity index (χ3n) is 2.70. The molecule has 0 atom stereocenters. The summed E-state index contributed by atoms with van der Waals surface area (Å²) < 4.78 is 10.7. The van der Waals surface area contributed by atoms with Gasteiger partial charge in [0.05, 0.1) is 20.1 Å². The van der Waals surface area contributed by atoms with Crippen LogP contribution in [0, 0.1) is 0 Å². The van der Waals surface area contributed by atoms with E-state index in [9.17, 15) is 9.59 Å². The monoisotopic (exact) mass is 293 g/mol. The summed E-state index contributed by atoms with van der Waals surface area (Å²) in [5.41, 5.74) is 0.607. The summed E-state index contributed by atoms with van der Waals surface area (Å²) in [6, 6.07) is 5.06. The zero-order valence-corrected chi connectivity index (χ0v) is 12.3. The van der Waals surface area contributed by atoms with Crippen molar-refractivity contribution in [1.82, 2.24) is 4.90 Å². The minimum atomic E-state index is -1.04. The Morgan fingerprint density at radius 3 is 2.62 bits per heavy atom. The molecule has 0 spiro atoms. The minimum absolute atomic E-state index is 0.0412. The Morgan fingerprint density at radius 1 is 1.33 bits per heavy atom. The predicted octanol–water partition coefficient (Wildman–Crippen LogP) is 1.65. The van der Waals surface area contributed by atoms with Crippen LogP contribution in [0.2, 0.25) is 0 Å². The molecular weight excluding hydrogens is 274 g/mol. The first-order valence-corrected chi connectivity index (χ1v) is 6.36. The van der Waals surface area contributed by atoms with Crippen molar-refractivity contribution >= 4 is 18.0 Å². The summed E-state index contributed by atoms with van der Waals surface area (Å²) in [6.07, 6.45) is 2.71. The number of hydrogen-bond donors (Lipinski definition) is 1. The molecule has 1 aromatic rings. The Kier molecular flexibility index (Phi) is 6.26. The maximum absolute atomic E-state index is 11.5. The number of ether oxygens (including phenoxy) is 2. The highest BCUT2D eigenvalue weighted by molar-refractivity contribution is 5.86. The lowest BCUT2D eigenvalue weighted by molar-refractivity contribution is -0.131. The number of benzene rings is 1. The average Bonchev–Trinajstić information content (AvgIpc) is 2.45. The van der Waals surface area contributed by atoms with Gasteiger partial charge >= 0.3 is 5.97 Å². The van der Waals surface area contributed by atoms with Gasteiger partial charge in [0.15, 0.2) is 0 Å². The van der Waals surface area contributed by atoms with Crippen LogP contribution in [0.5, 0.6) is 11.5 Å². The van der Waals surface area contributed by atoms with E-state index in [1.807, 2.05) is 0 Å². The molecule has 0 radical (unpaired) electrons. The summed E-state index contributed by atoms with van der Waals surface area (Å²) >= 11 is 0. The number of methoxy groups -OCH3 is 1. The number of rotatable bonds is 7. The second-order valence-electron chi connectivity index (χ2n) is 4.46. The predicted molar refractivity (Wildman–Crippen MR) is 78.5 cm³/mol. The molecule has 0 aliphatic heterocycles. The third kappa shape index (κ3) is 5.56. The molecule has 6 nitrogen and oxygen atoms in total. The molecular formula is C15H19NO5. The van der Waals surface area contributed by atoms with Crippen molar-refractivity contribution < 1.29 is 24.2 Å². The lowest BCUT2D eigenvalue weighted by atomic mass is 10.1. The maximum atomic E-state index is 11.5. The van der Waals surface area contributed by atoms with E-state index in [0.717, 1.165) is 6.08 Å². The molecule has 0 aliphatic rings. The molecule has 6 heteroatoms. The van der Waals surface area contributed by atoms with Crippen molar-refractivity contribution in [2.24, 2.45) is 0 Å². The molecule has 0 saturated heterocycles. The fraction of sp³-hybridized carbons (Fsp3) is 0.333. The molecule has 1 N–H and O–H groups in total. The second kappa shape index (κ2) is 7.94. The zero-order valence-electron chi connectivity index (χ0n) is 12.3. The quantitative estimate of drug-likeness (QED) is 0.774. The Morgan fingerprint density at radius 2 is 2.05 bits per heavy atom. The van der Waals surface area contributed by atoms with Gasteiger partial charge in [-0.05, 0) is 18.2 Å². The van der Waals surface area contributed by atoms with Gasteiger partial charge in [-0.25, -0.2) is 4.79 Å². The molecule has 1 aromatic carbocycles. The van der Waals surface area contributed by atoms with Crippen LogP contribution in [0.25, 0.3) is 6.08 Å². The van der Waals surface area contributed by atoms with Gasteiger partial charge in [-0.1, -0.05) is 0 Å². The normalized spacial score (nSPS) is 10.4. The SMILES string of the molecule is COc1ccc(C=CC(=O)O)c(OCCC(=O)N(C)C)c1. The van der Waals surface area contributed by atoms with Crippen LogP contribution >= 0.6 is 0 Å². The van der Waals surface area contributed by atoms with Gasteiger partial charge in [0, 0.05) is 31.8 Å². The van der Waals surface area contributed by atoms with Gasteiger partial charge in [0.2, 0.25) is 5.91 Å². The summed E-state index contributed by atoms with van der Waals surface area (Å²) in [5.74, 6) is -0.0186. The summed E-state index contributed by atoms with van der Waals surface area (Å²) in [5, 5.41) is 8.67. The van der Waals surface area contributed by atoms with Crippen LogP contribution in [0.1, 0.15) is 12.0 Å². The fourth-order valence-corrected chi connectivity index (χ4v) is 1.54. The van der Waals surface area contributed by atoms with Crippen LogP contribution in [0.15, 0.2) is 24.3 Å². The Balaban J connectivity index is 2.81. The minimum Gasteiger partial charge on any atom is -0.497 e. The van der Waals surface area contributed by atoms with Crippen LogP contribution in [-0.4, -0.2) is 49.7 Å². The van der Waals surface area contributed by atoms with Crippen molar-refractivity contribution in [3.63, 3.8) is 0 Å². The molecule has 0 bridgehead atoms. The Bertz CT molecular complexity index is 537. The van der Waals surface area contributed by atoms with Crippen molar-refractivity contribution in [2.75, 3.05) is 27.8 Å². The molecule has 0 unspecified atom stereocenters. The summed E-state index contributed by atoms with van der Waals surface area (Å²) in [4.78, 5) is 23.6. The maximum Gasteiger partial charge on any atom is 0.328 e. The molecule has 1 rings (SSSR count). The number of nitrogens with zero attached hydrogens (tertiary/aromatic N) is 1. The van der Waals surface area contributed by atoms with Crippen molar-refractivity contribution in [2.45, 2.75) is 6.42 Å². The van der Waals surface area contributed by atoms with Crippen molar-refractivity contribution in [3.05, 3.63) is 29.8 Å². The van der Waals surface area contributed by atoms with Crippen LogP contribution < -0.4 is 9.47 Å². The molecule has 0 saturated carbocycles. The highest BCUT2D eigenvalue weighted by Crippen LogP contribution is 2.26. The molecule has 114 valence electrons. The van der Waals surface area contributed by atoms with E-state index in [4.69, 9.17) is 14.6 Å². The lowest BCUT2D eigenvalue weighted by Gasteiger charge is -2.13. The van der Waals surface area contributed by atoms with Crippen LogP contribution in [-0.2, 0) is 9.59 Å². The smallest absolute Gasteiger partial charge is 0.328 e. The third-order valence-corrected chi connectivity index (χ3v) is 2.70. The number of carbonyl (C=O) groups is 2. The number of amides is 1. The van der Waals surface area contributed by atoms with Gasteiger partial charge in [-0.3, -0.25) is 4.79 Å². The largest absolute Gasteiger partial charge is 0.497 e. The Hall–Kier alpha value is -2.50. The first-order chi connectivity index (χ1) is 9.93. The molecule has 0 fully saturated rings. The fourth-order valence-electron chi connectivity index (χ4n) is 1.54. The topological polar surface area (TPSA) is 76.1 Å². The highest BCUT2D eigenvalue weighted by Gasteiger charge is 2.07. The van der Waals surface area contributed by atoms with Crippen molar-refractivity contribution in [1.29, 1.82) is 0 Å². The number of carboxylic acid groups (broad SMARTS) is 1. The first kappa shape index (κ1) is 16.6. The van der Waals surface area contributed by atoms with Crippen molar-refractivity contribution in [3.8, 4) is 11.5 Å². The summed E-state index contributed by atoms with van der Waals surface area (Å²) in [6.45, 7) is 0.206. The molecule has 21 heavy (non-hydrogen) atoms. The van der Waals surface area contributed by atoms with E-state index in [1.54, 1.807) is 32.3 Å². The van der Waals surface area contributed by atoms with Gasteiger partial charge in [0.1, 0.15) is 11.5 Å². The van der Waals surface area contributed by atoms with E-state index in [-0.39, 0.29) is 18.9 Å². The average molecular weight is 293 g/mol. The second-order valence-corrected chi connectivity index (χ2v) is 4.46. The van der Waals surface area contributed by atoms with Gasteiger partial charge in [-0.15, -0.1) is 0 Å². The van der Waals surface area contributed by atoms with Gasteiger partial charge in [0.25, 0.3) is 0 Å². The molecule has 0 aromatic heterocycles. The number of aliphatic carboxylic acids is 1. The van der Waals surface area contributed by atoms with E-state index >= 15 is 0 Å². The number of carboxylic acids is 1. The molecule has 0 aliphatic carbocycles. The van der Waals surface area contributed by atoms with E-state index < -0.39 is 5.97 Å². The van der Waals surface area contributed by atoms with E-state index in [0.29, 0.717) is 17.1 Å². The van der Waals surface area contributed by atoms with Crippen LogP contribution in [0.4, 0.5) is 0 Å². The number of carbonyl (C=O) groups excluding carboxylic acids is 1. The standard InChI is InChI=1S/C15H19NO5/c1-16(2)14(17)8-9-21-13-10-12(20-3)6-4-11(13)5-7-15(18)19/h4-7,10H,8-9H2,1-3H3,(H,18,19). The zero-order chi connectivity index (χ0) is 15.8. The highest BCUT2D eigenvalue weighted by atomic mass is 16.5. The molecule has 1 amide bonds. The Labute approximate surface area is 123 Å². The van der Waals surface area contributed by atoms with Gasteiger partial charge in [-0.2, -0.15) is 0 Å². The van der Waals surface area contributed by atoms with Crippen LogP contribution in [0.3, 0.4) is 0 Å². The lowest BCUT2D eigenvalue weighted by Crippen LogP contribution is -2.23. The van der Waals surface area contributed by atoms with E-state index in [1.165, 1.54) is 18.1 Å². The van der Waals surface area contributed by atoms with Gasteiger partial charge < -0.3 is 19.5 Å². The summed E-state index contributed by atoms with van der Waals surface area (Å²) in [7, 11) is 4.88.